The minimum Gasteiger partial charge on any atom is -0.376 e. The van der Waals surface area contributed by atoms with Crippen LogP contribution < -0.4 is 10.6 Å². The molecular formula is C22H24N6O3S. The largest absolute Gasteiger partial charge is 0.376 e. The van der Waals surface area contributed by atoms with Crippen LogP contribution in [0, 0.1) is 0 Å². The highest BCUT2D eigenvalue weighted by Gasteiger charge is 2.20. The number of benzene rings is 2. The number of nitrogens with one attached hydrogen (secondary N) is 2. The van der Waals surface area contributed by atoms with Crippen LogP contribution in [-0.4, -0.2) is 50.5 Å². The number of hydrogen-bond acceptors (Lipinski definition) is 7. The molecule has 2 aromatic carbocycles. The zero-order valence-electron chi connectivity index (χ0n) is 17.4. The van der Waals surface area contributed by atoms with Crippen LogP contribution in [0.15, 0.2) is 59.8 Å². The number of ether oxygens (including phenoxy) is 1. The van der Waals surface area contributed by atoms with Crippen LogP contribution >= 0.6 is 11.8 Å². The summed E-state index contributed by atoms with van der Waals surface area (Å²) in [6.45, 7) is 1.74. The van der Waals surface area contributed by atoms with E-state index >= 15 is 0 Å². The summed E-state index contributed by atoms with van der Waals surface area (Å²) in [5.74, 6) is -0.380. The number of anilines is 1. The van der Waals surface area contributed by atoms with Crippen molar-refractivity contribution in [2.45, 2.75) is 37.2 Å². The Bertz CT molecular complexity index is 1050. The molecule has 0 aliphatic carbocycles. The fraction of sp³-hybridized carbons (Fsp3) is 0.318. The molecule has 0 unspecified atom stereocenters. The van der Waals surface area contributed by atoms with Crippen molar-refractivity contribution >= 4 is 29.3 Å². The predicted octanol–water partition coefficient (Wildman–Crippen LogP) is 2.51. The summed E-state index contributed by atoms with van der Waals surface area (Å²) in [6, 6.07) is 16.6. The highest BCUT2D eigenvalue weighted by Crippen LogP contribution is 2.20. The van der Waals surface area contributed by atoms with E-state index in [9.17, 15) is 9.59 Å². The standard InChI is InChI=1S/C22H24N6O3S/c29-20(15-32-22-25-26-27-28(22)14-17-9-6-12-31-17)24-19-11-5-4-10-18(19)21(30)23-13-16-7-2-1-3-8-16/h1-5,7-8,10-11,17H,6,9,12-15H2,(H,23,30)(H,24,29)/t17-/m1/s1. The van der Waals surface area contributed by atoms with Crippen molar-refractivity contribution in [3.05, 3.63) is 65.7 Å². The number of amides is 2. The van der Waals surface area contributed by atoms with Crippen LogP contribution in [0.5, 0.6) is 0 Å². The third-order valence-corrected chi connectivity index (χ3v) is 5.93. The molecule has 1 aliphatic rings. The number of thioether (sulfide) groups is 1. The molecule has 9 nitrogen and oxygen atoms in total. The monoisotopic (exact) mass is 452 g/mol. The minimum atomic E-state index is -0.252. The Labute approximate surface area is 189 Å². The molecule has 32 heavy (non-hydrogen) atoms. The molecule has 3 aromatic rings. The number of nitrogens with zero attached hydrogens (tertiary/aromatic N) is 4. The van der Waals surface area contributed by atoms with Crippen LogP contribution in [-0.2, 0) is 22.6 Å². The highest BCUT2D eigenvalue weighted by atomic mass is 32.2. The molecule has 10 heteroatoms. The average molecular weight is 453 g/mol. The predicted molar refractivity (Wildman–Crippen MR) is 120 cm³/mol. The topological polar surface area (TPSA) is 111 Å². The van der Waals surface area contributed by atoms with E-state index in [0.717, 1.165) is 25.0 Å². The van der Waals surface area contributed by atoms with E-state index in [2.05, 4.69) is 26.2 Å². The van der Waals surface area contributed by atoms with Gasteiger partial charge in [0.2, 0.25) is 11.1 Å². The van der Waals surface area contributed by atoms with Gasteiger partial charge in [-0.05, 0) is 41.0 Å². The Kier molecular flexibility index (Phi) is 7.47. The van der Waals surface area contributed by atoms with Crippen LogP contribution in [0.1, 0.15) is 28.8 Å². The van der Waals surface area contributed by atoms with Gasteiger partial charge < -0.3 is 15.4 Å². The smallest absolute Gasteiger partial charge is 0.253 e. The summed E-state index contributed by atoms with van der Waals surface area (Å²) in [5, 5.41) is 18.0. The second-order valence-corrected chi connectivity index (χ2v) is 8.27. The van der Waals surface area contributed by atoms with Crippen molar-refractivity contribution < 1.29 is 14.3 Å². The van der Waals surface area contributed by atoms with Gasteiger partial charge in [-0.3, -0.25) is 9.59 Å². The van der Waals surface area contributed by atoms with Gasteiger partial charge >= 0.3 is 0 Å². The van der Waals surface area contributed by atoms with Crippen molar-refractivity contribution in [1.29, 1.82) is 0 Å². The first-order chi connectivity index (χ1) is 15.7. The highest BCUT2D eigenvalue weighted by molar-refractivity contribution is 7.99. The van der Waals surface area contributed by atoms with Gasteiger partial charge in [0, 0.05) is 13.2 Å². The van der Waals surface area contributed by atoms with Crippen molar-refractivity contribution in [1.82, 2.24) is 25.5 Å². The minimum absolute atomic E-state index is 0.105. The Hall–Kier alpha value is -3.24. The van der Waals surface area contributed by atoms with Crippen LogP contribution in [0.2, 0.25) is 0 Å². The third kappa shape index (κ3) is 5.92. The van der Waals surface area contributed by atoms with E-state index in [1.165, 1.54) is 11.8 Å². The van der Waals surface area contributed by atoms with Gasteiger partial charge in [-0.15, -0.1) is 5.10 Å². The van der Waals surface area contributed by atoms with Crippen molar-refractivity contribution in [2.75, 3.05) is 17.7 Å². The summed E-state index contributed by atoms with van der Waals surface area (Å²) in [5.41, 5.74) is 1.87. The molecule has 2 N–H and O–H groups in total. The Morgan fingerprint density at radius 3 is 2.75 bits per heavy atom. The number of carbonyl (C=O) groups is 2. The molecule has 1 fully saturated rings. The molecule has 2 heterocycles. The third-order valence-electron chi connectivity index (χ3n) is 4.97. The summed E-state index contributed by atoms with van der Waals surface area (Å²) in [4.78, 5) is 25.2. The SMILES string of the molecule is O=C(CSc1nnnn1C[C@H]1CCCO1)Nc1ccccc1C(=O)NCc1ccccc1. The van der Waals surface area contributed by atoms with Crippen LogP contribution in [0.4, 0.5) is 5.69 Å². The maximum absolute atomic E-state index is 12.7. The Morgan fingerprint density at radius 2 is 1.94 bits per heavy atom. The number of carbonyl (C=O) groups excluding carboxylic acids is 2. The van der Waals surface area contributed by atoms with Gasteiger partial charge in [0.05, 0.1) is 29.7 Å². The molecule has 1 aliphatic heterocycles. The number of rotatable bonds is 9. The van der Waals surface area contributed by atoms with E-state index in [0.29, 0.717) is 29.5 Å². The fourth-order valence-electron chi connectivity index (χ4n) is 3.38. The number of aromatic nitrogens is 4. The normalized spacial score (nSPS) is 15.4. The van der Waals surface area contributed by atoms with Crippen LogP contribution in [0.25, 0.3) is 0 Å². The molecule has 1 saturated heterocycles. The molecule has 0 spiro atoms. The molecule has 2 amide bonds. The molecule has 166 valence electrons. The van der Waals surface area contributed by atoms with Gasteiger partial charge in [0.15, 0.2) is 0 Å². The molecule has 1 aromatic heterocycles. The van der Waals surface area contributed by atoms with Gasteiger partial charge in [-0.25, -0.2) is 4.68 Å². The molecule has 0 radical (unpaired) electrons. The Morgan fingerprint density at radius 1 is 1.12 bits per heavy atom. The lowest BCUT2D eigenvalue weighted by Crippen LogP contribution is -2.25. The molecule has 0 bridgehead atoms. The first-order valence-corrected chi connectivity index (χ1v) is 11.4. The maximum atomic E-state index is 12.7. The van der Waals surface area contributed by atoms with Gasteiger partial charge in [-0.1, -0.05) is 54.2 Å². The average Bonchev–Trinajstić information content (AvgIpc) is 3.49. The number of para-hydroxylation sites is 1. The summed E-state index contributed by atoms with van der Waals surface area (Å²) < 4.78 is 7.29. The number of hydrogen-bond donors (Lipinski definition) is 2. The van der Waals surface area contributed by atoms with E-state index in [-0.39, 0.29) is 23.7 Å². The summed E-state index contributed by atoms with van der Waals surface area (Å²) >= 11 is 1.24. The molecule has 1 atom stereocenters. The number of tetrazole rings is 1. The van der Waals surface area contributed by atoms with Crippen molar-refractivity contribution in [3.8, 4) is 0 Å². The summed E-state index contributed by atoms with van der Waals surface area (Å²) in [7, 11) is 0. The second-order valence-electron chi connectivity index (χ2n) is 7.33. The zero-order chi connectivity index (χ0) is 22.2. The zero-order valence-corrected chi connectivity index (χ0v) is 18.3. The molecular weight excluding hydrogens is 428 g/mol. The lowest BCUT2D eigenvalue weighted by Gasteiger charge is -2.12. The summed E-state index contributed by atoms with van der Waals surface area (Å²) in [6.07, 6.45) is 2.12. The van der Waals surface area contributed by atoms with Crippen molar-refractivity contribution in [2.24, 2.45) is 0 Å². The van der Waals surface area contributed by atoms with E-state index < -0.39 is 0 Å². The van der Waals surface area contributed by atoms with Gasteiger partial charge in [-0.2, -0.15) is 0 Å². The van der Waals surface area contributed by atoms with E-state index in [4.69, 9.17) is 4.74 Å². The lowest BCUT2D eigenvalue weighted by atomic mass is 10.1. The van der Waals surface area contributed by atoms with E-state index in [1.54, 1.807) is 28.9 Å². The Balaban J connectivity index is 1.32. The first kappa shape index (κ1) is 22.0. The quantitative estimate of drug-likeness (QED) is 0.480. The fourth-order valence-corrected chi connectivity index (χ4v) is 4.06. The second kappa shape index (κ2) is 10.9. The molecule has 4 rings (SSSR count). The maximum Gasteiger partial charge on any atom is 0.253 e. The lowest BCUT2D eigenvalue weighted by molar-refractivity contribution is -0.113. The van der Waals surface area contributed by atoms with E-state index in [1.807, 2.05) is 30.3 Å². The van der Waals surface area contributed by atoms with Gasteiger partial charge in [0.1, 0.15) is 0 Å². The molecule has 0 saturated carbocycles. The van der Waals surface area contributed by atoms with Crippen molar-refractivity contribution in [3.63, 3.8) is 0 Å². The van der Waals surface area contributed by atoms with Gasteiger partial charge in [0.25, 0.3) is 5.91 Å². The first-order valence-electron chi connectivity index (χ1n) is 10.4. The van der Waals surface area contributed by atoms with Crippen LogP contribution in [0.3, 0.4) is 0 Å².